The van der Waals surface area contributed by atoms with E-state index in [-0.39, 0.29) is 24.5 Å². The smallest absolute Gasteiger partial charge is 0.462 e. The van der Waals surface area contributed by atoms with Crippen molar-refractivity contribution >= 4 is 11.8 Å². The Balaban J connectivity index is 3.34. The van der Waals surface area contributed by atoms with Gasteiger partial charge in [0.2, 0.25) is 0 Å². The summed E-state index contributed by atoms with van der Waals surface area (Å²) in [4.78, 5) is 15.2. The van der Waals surface area contributed by atoms with Gasteiger partial charge in [0, 0.05) is 12.1 Å². The normalized spacial score (nSPS) is 11.2. The average Bonchev–Trinajstić information content (AvgIpc) is 2.29. The number of nitrogen functional groups attached to an aromatic ring is 1. The number of aromatic nitrogens is 1. The first-order chi connectivity index (χ1) is 8.80. The number of hydrogen-bond donors (Lipinski definition) is 2. The first kappa shape index (κ1) is 15.0. The molecule has 1 aromatic rings. The van der Waals surface area contributed by atoms with Crippen molar-refractivity contribution in [1.82, 2.24) is 4.98 Å². The van der Waals surface area contributed by atoms with Crippen LogP contribution in [0.4, 0.5) is 19.0 Å². The van der Waals surface area contributed by atoms with Gasteiger partial charge in [-0.15, -0.1) is 13.2 Å². The van der Waals surface area contributed by atoms with E-state index in [1.54, 1.807) is 0 Å². The summed E-state index contributed by atoms with van der Waals surface area (Å²) in [5.74, 6) is -1.95. The summed E-state index contributed by atoms with van der Waals surface area (Å²) in [6.45, 7) is 1.22. The highest BCUT2D eigenvalue weighted by Gasteiger charge is 2.34. The lowest BCUT2D eigenvalue weighted by Gasteiger charge is -2.15. The third-order valence-corrected chi connectivity index (χ3v) is 2.09. The van der Waals surface area contributed by atoms with Crippen molar-refractivity contribution in [3.63, 3.8) is 0 Å². The maximum Gasteiger partial charge on any atom is 0.573 e. The Labute approximate surface area is 106 Å². The SMILES string of the molecule is CCOC(=O)c1c(OC(F)(F)F)cnc(N)c1CN. The highest BCUT2D eigenvalue weighted by Crippen LogP contribution is 2.30. The van der Waals surface area contributed by atoms with Crippen LogP contribution in [0.3, 0.4) is 0 Å². The van der Waals surface area contributed by atoms with Crippen LogP contribution in [0.15, 0.2) is 6.20 Å². The number of carbonyl (C=O) groups excluding carboxylic acids is 1. The van der Waals surface area contributed by atoms with Gasteiger partial charge >= 0.3 is 12.3 Å². The predicted molar refractivity (Wildman–Crippen MR) is 59.2 cm³/mol. The molecule has 0 saturated heterocycles. The Hall–Kier alpha value is -2.03. The fraction of sp³-hybridized carbons (Fsp3) is 0.400. The fourth-order valence-electron chi connectivity index (χ4n) is 1.38. The number of ether oxygens (including phenoxy) is 2. The van der Waals surface area contributed by atoms with Gasteiger partial charge in [0.1, 0.15) is 11.4 Å². The van der Waals surface area contributed by atoms with Crippen LogP contribution in [0.2, 0.25) is 0 Å². The second kappa shape index (κ2) is 5.74. The summed E-state index contributed by atoms with van der Waals surface area (Å²) in [6.07, 6.45) is -4.26. The van der Waals surface area contributed by atoms with Crippen molar-refractivity contribution in [1.29, 1.82) is 0 Å². The lowest BCUT2D eigenvalue weighted by atomic mass is 10.1. The van der Waals surface area contributed by atoms with Crippen LogP contribution < -0.4 is 16.2 Å². The minimum atomic E-state index is -4.97. The zero-order valence-electron chi connectivity index (χ0n) is 9.95. The maximum absolute atomic E-state index is 12.2. The van der Waals surface area contributed by atoms with E-state index in [0.29, 0.717) is 6.20 Å². The number of nitrogens with two attached hydrogens (primary N) is 2. The molecule has 0 amide bonds. The Morgan fingerprint density at radius 2 is 2.11 bits per heavy atom. The van der Waals surface area contributed by atoms with Gasteiger partial charge in [-0.1, -0.05) is 0 Å². The molecule has 0 aliphatic rings. The van der Waals surface area contributed by atoms with Gasteiger partial charge in [-0.2, -0.15) is 0 Å². The molecule has 0 aromatic carbocycles. The number of hydrogen-bond acceptors (Lipinski definition) is 6. The van der Waals surface area contributed by atoms with E-state index >= 15 is 0 Å². The summed E-state index contributed by atoms with van der Waals surface area (Å²) < 4.78 is 45.1. The molecule has 0 fully saturated rings. The number of nitrogens with zero attached hydrogens (tertiary/aromatic N) is 1. The second-order valence-electron chi connectivity index (χ2n) is 3.33. The quantitative estimate of drug-likeness (QED) is 0.803. The largest absolute Gasteiger partial charge is 0.573 e. The van der Waals surface area contributed by atoms with Gasteiger partial charge in [0.25, 0.3) is 0 Å². The van der Waals surface area contributed by atoms with Crippen LogP contribution in [0.1, 0.15) is 22.8 Å². The molecular formula is C10H12F3N3O3. The summed E-state index contributed by atoms with van der Waals surface area (Å²) >= 11 is 0. The molecule has 0 aliphatic heterocycles. The molecule has 0 saturated carbocycles. The van der Waals surface area contributed by atoms with Crippen LogP contribution in [-0.2, 0) is 11.3 Å². The topological polar surface area (TPSA) is 100 Å². The Bertz CT molecular complexity index is 477. The van der Waals surface area contributed by atoms with Crippen molar-refractivity contribution in [3.8, 4) is 5.75 Å². The van der Waals surface area contributed by atoms with E-state index in [2.05, 4.69) is 14.5 Å². The monoisotopic (exact) mass is 279 g/mol. The Kier molecular flexibility index (Phi) is 4.54. The summed E-state index contributed by atoms with van der Waals surface area (Å²) in [5, 5.41) is 0. The molecule has 9 heteroatoms. The van der Waals surface area contributed by atoms with Crippen LogP contribution in [-0.4, -0.2) is 23.9 Å². The minimum Gasteiger partial charge on any atom is -0.462 e. The Morgan fingerprint density at radius 1 is 1.47 bits per heavy atom. The molecule has 0 bridgehead atoms. The zero-order valence-corrected chi connectivity index (χ0v) is 9.95. The number of carbonyl (C=O) groups is 1. The highest BCUT2D eigenvalue weighted by atomic mass is 19.4. The van der Waals surface area contributed by atoms with Crippen molar-refractivity contribution in [2.75, 3.05) is 12.3 Å². The highest BCUT2D eigenvalue weighted by molar-refractivity contribution is 5.95. The summed E-state index contributed by atoms with van der Waals surface area (Å²) in [5.41, 5.74) is 10.3. The van der Waals surface area contributed by atoms with Gasteiger partial charge in [-0.05, 0) is 6.92 Å². The molecule has 1 heterocycles. The van der Waals surface area contributed by atoms with Gasteiger partial charge in [-0.3, -0.25) is 0 Å². The number of alkyl halides is 3. The third-order valence-electron chi connectivity index (χ3n) is 2.09. The van der Waals surface area contributed by atoms with Crippen molar-refractivity contribution in [3.05, 3.63) is 17.3 Å². The molecular weight excluding hydrogens is 267 g/mol. The molecule has 0 aliphatic carbocycles. The number of pyridine rings is 1. The number of anilines is 1. The molecule has 0 atom stereocenters. The van der Waals surface area contributed by atoms with Crippen LogP contribution in [0, 0.1) is 0 Å². The summed E-state index contributed by atoms with van der Waals surface area (Å²) in [6, 6.07) is 0. The second-order valence-corrected chi connectivity index (χ2v) is 3.33. The molecule has 4 N–H and O–H groups in total. The van der Waals surface area contributed by atoms with Crippen molar-refractivity contribution in [2.45, 2.75) is 19.8 Å². The molecule has 106 valence electrons. The van der Waals surface area contributed by atoms with E-state index in [0.717, 1.165) is 0 Å². The van der Waals surface area contributed by atoms with E-state index in [1.165, 1.54) is 6.92 Å². The van der Waals surface area contributed by atoms with E-state index in [4.69, 9.17) is 11.5 Å². The molecule has 19 heavy (non-hydrogen) atoms. The zero-order chi connectivity index (χ0) is 14.6. The standard InChI is InChI=1S/C10H12F3N3O3/c1-2-18-9(17)7-5(3-14)8(15)16-4-6(7)19-10(11,12)13/h4H,2-3,14H2,1H3,(H2,15,16). The summed E-state index contributed by atoms with van der Waals surface area (Å²) in [7, 11) is 0. The third kappa shape index (κ3) is 3.71. The van der Waals surface area contributed by atoms with Crippen molar-refractivity contribution in [2.24, 2.45) is 5.73 Å². The van der Waals surface area contributed by atoms with E-state index in [1.807, 2.05) is 0 Å². The van der Waals surface area contributed by atoms with Crippen LogP contribution in [0.25, 0.3) is 0 Å². The lowest BCUT2D eigenvalue weighted by molar-refractivity contribution is -0.274. The van der Waals surface area contributed by atoms with Gasteiger partial charge in [0.05, 0.1) is 12.8 Å². The van der Waals surface area contributed by atoms with E-state index in [9.17, 15) is 18.0 Å². The predicted octanol–water partition coefficient (Wildman–Crippen LogP) is 1.20. The fourth-order valence-corrected chi connectivity index (χ4v) is 1.38. The van der Waals surface area contributed by atoms with E-state index < -0.39 is 23.6 Å². The van der Waals surface area contributed by atoms with Gasteiger partial charge in [-0.25, -0.2) is 9.78 Å². The average molecular weight is 279 g/mol. The minimum absolute atomic E-state index is 0.0173. The molecule has 0 unspecified atom stereocenters. The molecule has 1 rings (SSSR count). The molecule has 0 radical (unpaired) electrons. The number of esters is 1. The Morgan fingerprint density at radius 3 is 2.58 bits per heavy atom. The molecule has 0 spiro atoms. The van der Waals surface area contributed by atoms with Gasteiger partial charge in [0.15, 0.2) is 5.75 Å². The number of rotatable bonds is 4. The first-order valence-corrected chi connectivity index (χ1v) is 5.20. The van der Waals surface area contributed by atoms with Gasteiger partial charge < -0.3 is 20.9 Å². The van der Waals surface area contributed by atoms with Crippen LogP contribution >= 0.6 is 0 Å². The number of halogens is 3. The lowest BCUT2D eigenvalue weighted by Crippen LogP contribution is -2.22. The molecule has 1 aromatic heterocycles. The molecule has 6 nitrogen and oxygen atoms in total. The first-order valence-electron chi connectivity index (χ1n) is 5.20. The maximum atomic E-state index is 12.2. The van der Waals surface area contributed by atoms with Crippen LogP contribution in [0.5, 0.6) is 5.75 Å². The van der Waals surface area contributed by atoms with Crippen molar-refractivity contribution < 1.29 is 27.4 Å².